The summed E-state index contributed by atoms with van der Waals surface area (Å²) in [6.45, 7) is 0. The molecule has 0 saturated heterocycles. The molecule has 0 aliphatic heterocycles. The highest BCUT2D eigenvalue weighted by atomic mass is 15.2. The van der Waals surface area contributed by atoms with E-state index in [1.165, 1.54) is 54.9 Å². The normalized spacial score (nSPS) is 11.1. The van der Waals surface area contributed by atoms with Gasteiger partial charge >= 0.3 is 0 Å². The van der Waals surface area contributed by atoms with Crippen LogP contribution in [0.15, 0.2) is 243 Å². The highest BCUT2D eigenvalue weighted by Gasteiger charge is 2.22. The Balaban J connectivity index is 1.04. The summed E-state index contributed by atoms with van der Waals surface area (Å²) in [7, 11) is 0. The molecule has 0 aromatic heterocycles. The molecule has 2 heteroatoms. The molecule has 274 valence electrons. The molecule has 58 heavy (non-hydrogen) atoms. The molecule has 0 aliphatic carbocycles. The Labute approximate surface area is 340 Å². The topological polar surface area (TPSA) is 6.48 Å². The largest absolute Gasteiger partial charge is 0.308 e. The maximum Gasteiger partial charge on any atom is 0.0702 e. The van der Waals surface area contributed by atoms with Crippen molar-refractivity contribution in [2.24, 2.45) is 0 Å². The number of hydrogen-bond donors (Lipinski definition) is 0. The maximum atomic E-state index is 2.37. The van der Waals surface area contributed by atoms with E-state index in [-0.39, 0.29) is 0 Å². The summed E-state index contributed by atoms with van der Waals surface area (Å²) < 4.78 is 0. The lowest BCUT2D eigenvalue weighted by atomic mass is 9.92. The molecular formula is C56H40N2. The zero-order valence-corrected chi connectivity index (χ0v) is 32.0. The van der Waals surface area contributed by atoms with Gasteiger partial charge in [-0.05, 0) is 122 Å². The fourth-order valence-corrected chi connectivity index (χ4v) is 8.25. The van der Waals surface area contributed by atoms with Crippen molar-refractivity contribution in [1.29, 1.82) is 0 Å². The van der Waals surface area contributed by atoms with E-state index < -0.39 is 0 Å². The van der Waals surface area contributed by atoms with Gasteiger partial charge in [0.2, 0.25) is 0 Å². The molecule has 0 aliphatic rings. The molecule has 10 aromatic rings. The summed E-state index contributed by atoms with van der Waals surface area (Å²) in [5.41, 5.74) is 13.8. The molecule has 0 spiro atoms. The van der Waals surface area contributed by atoms with E-state index in [9.17, 15) is 0 Å². The van der Waals surface area contributed by atoms with Crippen LogP contribution >= 0.6 is 0 Å². The lowest BCUT2D eigenvalue weighted by Gasteiger charge is -2.33. The minimum Gasteiger partial charge on any atom is -0.308 e. The Morgan fingerprint density at radius 1 is 0.224 bits per heavy atom. The number of fused-ring (bicyclic) bond motifs is 2. The van der Waals surface area contributed by atoms with Crippen molar-refractivity contribution in [3.05, 3.63) is 243 Å². The summed E-state index contributed by atoms with van der Waals surface area (Å²) in [5.74, 6) is 0. The van der Waals surface area contributed by atoms with E-state index in [1.807, 2.05) is 0 Å². The average molecular weight is 741 g/mol. The highest BCUT2D eigenvalue weighted by molar-refractivity contribution is 6.06. The van der Waals surface area contributed by atoms with Gasteiger partial charge in [-0.1, -0.05) is 176 Å². The Morgan fingerprint density at radius 3 is 1.17 bits per heavy atom. The molecule has 0 radical (unpaired) electrons. The summed E-state index contributed by atoms with van der Waals surface area (Å²) in [6.07, 6.45) is 0. The van der Waals surface area contributed by atoms with Crippen molar-refractivity contribution in [1.82, 2.24) is 0 Å². The molecule has 0 atom stereocenters. The van der Waals surface area contributed by atoms with Crippen molar-refractivity contribution >= 4 is 55.7 Å². The van der Waals surface area contributed by atoms with Gasteiger partial charge in [-0.15, -0.1) is 0 Å². The molecule has 0 heterocycles. The predicted molar refractivity (Wildman–Crippen MR) is 247 cm³/mol. The SMILES string of the molecule is c1ccc(-c2ccc(N(c3ccccc3)c3ccccc3N(c3ccccc3)c3ccc(-c4ccc5c(-c6cccc7ccccc67)cccc5c4)cc3)cc2)cc1. The second-order valence-electron chi connectivity index (χ2n) is 14.6. The number of rotatable bonds is 9. The first kappa shape index (κ1) is 34.8. The van der Waals surface area contributed by atoms with Gasteiger partial charge in [-0.2, -0.15) is 0 Å². The fraction of sp³-hybridized carbons (Fsp3) is 0. The van der Waals surface area contributed by atoms with Crippen molar-refractivity contribution in [3.8, 4) is 33.4 Å². The van der Waals surface area contributed by atoms with Crippen LogP contribution in [0.4, 0.5) is 34.1 Å². The van der Waals surface area contributed by atoms with Gasteiger partial charge in [0, 0.05) is 22.7 Å². The summed E-state index contributed by atoms with van der Waals surface area (Å²) in [6, 6.07) is 87.2. The Kier molecular flexibility index (Phi) is 9.27. The van der Waals surface area contributed by atoms with E-state index >= 15 is 0 Å². The highest BCUT2D eigenvalue weighted by Crippen LogP contribution is 2.46. The number of para-hydroxylation sites is 4. The number of nitrogens with zero attached hydrogens (tertiary/aromatic N) is 2. The molecule has 0 N–H and O–H groups in total. The number of anilines is 6. The monoisotopic (exact) mass is 740 g/mol. The molecule has 2 nitrogen and oxygen atoms in total. The van der Waals surface area contributed by atoms with Crippen LogP contribution in [0.5, 0.6) is 0 Å². The lowest BCUT2D eigenvalue weighted by molar-refractivity contribution is 1.23. The minimum atomic E-state index is 1.07. The van der Waals surface area contributed by atoms with Gasteiger partial charge in [0.15, 0.2) is 0 Å². The molecule has 10 rings (SSSR count). The van der Waals surface area contributed by atoms with Gasteiger partial charge < -0.3 is 9.80 Å². The van der Waals surface area contributed by atoms with E-state index in [0.717, 1.165) is 34.1 Å². The second kappa shape index (κ2) is 15.5. The van der Waals surface area contributed by atoms with E-state index in [4.69, 9.17) is 0 Å². The van der Waals surface area contributed by atoms with Crippen LogP contribution in [0, 0.1) is 0 Å². The first-order valence-corrected chi connectivity index (χ1v) is 19.8. The number of benzene rings is 10. The maximum absolute atomic E-state index is 2.37. The minimum absolute atomic E-state index is 1.07. The predicted octanol–water partition coefficient (Wildman–Crippen LogP) is 15.9. The zero-order chi connectivity index (χ0) is 38.7. The molecule has 0 fully saturated rings. The van der Waals surface area contributed by atoms with Crippen molar-refractivity contribution in [3.63, 3.8) is 0 Å². The quantitative estimate of drug-likeness (QED) is 0.145. The van der Waals surface area contributed by atoms with Crippen LogP contribution in [0.2, 0.25) is 0 Å². The van der Waals surface area contributed by atoms with Gasteiger partial charge in [-0.3, -0.25) is 0 Å². The molecule has 10 aromatic carbocycles. The molecule has 0 saturated carbocycles. The van der Waals surface area contributed by atoms with E-state index in [0.29, 0.717) is 0 Å². The first-order valence-electron chi connectivity index (χ1n) is 19.8. The van der Waals surface area contributed by atoms with Crippen molar-refractivity contribution < 1.29 is 0 Å². The van der Waals surface area contributed by atoms with Gasteiger partial charge in [0.05, 0.1) is 11.4 Å². The summed E-state index contributed by atoms with van der Waals surface area (Å²) in [4.78, 5) is 4.72. The molecule has 0 unspecified atom stereocenters. The molecular weight excluding hydrogens is 701 g/mol. The smallest absolute Gasteiger partial charge is 0.0702 e. The van der Waals surface area contributed by atoms with Crippen LogP contribution in [0.1, 0.15) is 0 Å². The zero-order valence-electron chi connectivity index (χ0n) is 32.0. The Hall–Kier alpha value is -7.68. The summed E-state index contributed by atoms with van der Waals surface area (Å²) in [5, 5.41) is 5.01. The van der Waals surface area contributed by atoms with Crippen LogP contribution < -0.4 is 9.80 Å². The van der Waals surface area contributed by atoms with Gasteiger partial charge in [0.25, 0.3) is 0 Å². The third-order valence-electron chi connectivity index (χ3n) is 11.0. The van der Waals surface area contributed by atoms with Crippen LogP contribution in [-0.4, -0.2) is 0 Å². The van der Waals surface area contributed by atoms with Crippen LogP contribution in [-0.2, 0) is 0 Å². The third kappa shape index (κ3) is 6.67. The lowest BCUT2D eigenvalue weighted by Crippen LogP contribution is -2.16. The van der Waals surface area contributed by atoms with Crippen molar-refractivity contribution in [2.45, 2.75) is 0 Å². The van der Waals surface area contributed by atoms with Gasteiger partial charge in [-0.25, -0.2) is 0 Å². The van der Waals surface area contributed by atoms with Gasteiger partial charge in [0.1, 0.15) is 0 Å². The standard InChI is InChI=1S/C56H40N2/c1-4-16-41(17-5-1)42-30-35-49(36-31-42)57(47-21-6-2-7-22-47)55-28-12-13-29-56(55)58(48-23-8-3-9-24-48)50-37-32-43(33-38-50)45-34-39-52-46(40-45)20-15-27-54(52)53-26-14-19-44-18-10-11-25-51(44)53/h1-40H. The van der Waals surface area contributed by atoms with Crippen molar-refractivity contribution in [2.75, 3.05) is 9.80 Å². The fourth-order valence-electron chi connectivity index (χ4n) is 8.25. The second-order valence-corrected chi connectivity index (χ2v) is 14.6. The Bertz CT molecular complexity index is 2970. The first-order chi connectivity index (χ1) is 28.8. The molecule has 0 amide bonds. The van der Waals surface area contributed by atoms with Crippen LogP contribution in [0.25, 0.3) is 54.9 Å². The van der Waals surface area contributed by atoms with Crippen LogP contribution in [0.3, 0.4) is 0 Å². The summed E-state index contributed by atoms with van der Waals surface area (Å²) >= 11 is 0. The average Bonchev–Trinajstić information content (AvgIpc) is 3.30. The number of hydrogen-bond acceptors (Lipinski definition) is 2. The van der Waals surface area contributed by atoms with E-state index in [1.54, 1.807) is 0 Å². The third-order valence-corrected chi connectivity index (χ3v) is 11.0. The molecule has 0 bridgehead atoms. The Morgan fingerprint density at radius 2 is 0.603 bits per heavy atom. The van der Waals surface area contributed by atoms with E-state index in [2.05, 4.69) is 252 Å².